The first kappa shape index (κ1) is 15.6. The van der Waals surface area contributed by atoms with Crippen molar-refractivity contribution in [2.45, 2.75) is 69.7 Å². The van der Waals surface area contributed by atoms with E-state index in [0.29, 0.717) is 21.6 Å². The number of hydrogen-bond donors (Lipinski definition) is 1. The van der Waals surface area contributed by atoms with Gasteiger partial charge in [-0.25, -0.2) is 13.1 Å². The fourth-order valence-electron chi connectivity index (χ4n) is 6.62. The number of sulfonamides is 1. The van der Waals surface area contributed by atoms with Gasteiger partial charge in [-0.15, -0.1) is 0 Å². The molecule has 2 unspecified atom stereocenters. The first-order valence-corrected chi connectivity index (χ1v) is 10.2. The minimum absolute atomic E-state index is 0.230. The second-order valence-corrected chi connectivity index (χ2v) is 11.0. The van der Waals surface area contributed by atoms with E-state index in [1.165, 1.54) is 19.3 Å². The van der Waals surface area contributed by atoms with Crippen LogP contribution >= 0.6 is 0 Å². The van der Waals surface area contributed by atoms with E-state index >= 15 is 0 Å². The van der Waals surface area contributed by atoms with Gasteiger partial charge in [0.15, 0.2) is 0 Å². The zero-order valence-electron chi connectivity index (χ0n) is 14.4. The molecule has 0 aliphatic heterocycles. The number of rotatable bonds is 3. The van der Waals surface area contributed by atoms with Gasteiger partial charge >= 0.3 is 0 Å². The topological polar surface area (TPSA) is 46.2 Å². The fourth-order valence-corrected chi connectivity index (χ4v) is 8.03. The molecule has 1 N–H and O–H groups in total. The Morgan fingerprint density at radius 2 is 1.52 bits per heavy atom. The first-order chi connectivity index (χ1) is 10.6. The Balaban J connectivity index is 1.67. The maximum Gasteiger partial charge on any atom is 0.241 e. The molecule has 4 aliphatic carbocycles. The highest BCUT2D eigenvalue weighted by atomic mass is 32.2. The molecule has 0 amide bonds. The van der Waals surface area contributed by atoms with Gasteiger partial charge in [0.05, 0.1) is 4.90 Å². The van der Waals surface area contributed by atoms with Crippen molar-refractivity contribution in [3.63, 3.8) is 0 Å². The molecule has 4 saturated carbocycles. The summed E-state index contributed by atoms with van der Waals surface area (Å²) in [6.07, 6.45) is 6.81. The lowest BCUT2D eigenvalue weighted by atomic mass is 9.43. The van der Waals surface area contributed by atoms with Gasteiger partial charge in [-0.05, 0) is 74.3 Å². The molecule has 5 rings (SSSR count). The second-order valence-electron chi connectivity index (χ2n) is 9.33. The van der Waals surface area contributed by atoms with Crippen LogP contribution in [0, 0.1) is 23.7 Å². The van der Waals surface area contributed by atoms with Crippen LogP contribution in [0.3, 0.4) is 0 Å². The van der Waals surface area contributed by atoms with Crippen LogP contribution in [0.4, 0.5) is 0 Å². The summed E-state index contributed by atoms with van der Waals surface area (Å²) in [5, 5.41) is 0. The molecule has 4 heteroatoms. The summed E-state index contributed by atoms with van der Waals surface area (Å²) in [5.74, 6) is 0.682. The molecule has 23 heavy (non-hydrogen) atoms. The quantitative estimate of drug-likeness (QED) is 0.908. The molecule has 4 aliphatic rings. The van der Waals surface area contributed by atoms with Gasteiger partial charge in [-0.1, -0.05) is 31.5 Å². The van der Waals surface area contributed by atoms with Crippen LogP contribution < -0.4 is 4.72 Å². The van der Waals surface area contributed by atoms with E-state index in [9.17, 15) is 8.42 Å². The summed E-state index contributed by atoms with van der Waals surface area (Å²) < 4.78 is 29.0. The van der Waals surface area contributed by atoms with Crippen LogP contribution in [0.15, 0.2) is 29.2 Å². The monoisotopic (exact) mass is 333 g/mol. The van der Waals surface area contributed by atoms with Crippen LogP contribution in [0.1, 0.15) is 57.9 Å². The van der Waals surface area contributed by atoms with E-state index in [-0.39, 0.29) is 5.54 Å². The predicted octanol–water partition coefficient (Wildman–Crippen LogP) is 4.02. The molecule has 0 radical (unpaired) electrons. The third kappa shape index (κ3) is 2.64. The van der Waals surface area contributed by atoms with Crippen LogP contribution in [-0.2, 0) is 10.0 Å². The van der Waals surface area contributed by atoms with Gasteiger partial charge in [-0.2, -0.15) is 0 Å². The number of nitrogens with one attached hydrogen (secondary N) is 1. The Morgan fingerprint density at radius 1 is 0.957 bits per heavy atom. The van der Waals surface area contributed by atoms with Gasteiger partial charge < -0.3 is 0 Å². The van der Waals surface area contributed by atoms with Gasteiger partial charge in [-0.3, -0.25) is 0 Å². The van der Waals surface area contributed by atoms with E-state index in [1.807, 2.05) is 19.1 Å². The van der Waals surface area contributed by atoms with Crippen molar-refractivity contribution in [2.24, 2.45) is 16.7 Å². The van der Waals surface area contributed by atoms with Crippen molar-refractivity contribution in [3.05, 3.63) is 29.8 Å². The summed E-state index contributed by atoms with van der Waals surface area (Å²) >= 11 is 0. The summed E-state index contributed by atoms with van der Waals surface area (Å²) in [5.41, 5.74) is 1.47. The minimum atomic E-state index is -3.44. The minimum Gasteiger partial charge on any atom is -0.207 e. The molecule has 1 aromatic rings. The molecule has 3 nitrogen and oxygen atoms in total. The van der Waals surface area contributed by atoms with E-state index in [2.05, 4.69) is 18.6 Å². The third-order valence-electron chi connectivity index (χ3n) is 6.31. The van der Waals surface area contributed by atoms with Gasteiger partial charge in [0.2, 0.25) is 10.0 Å². The molecule has 126 valence electrons. The Morgan fingerprint density at radius 3 is 2.04 bits per heavy atom. The standard InChI is InChI=1S/C19H27NO2S/c1-14-4-6-16(7-5-14)23(21,22)20-19-10-15-8-17(2,12-19)11-18(3,9-15)13-19/h4-7,15,20H,8-13H2,1-3H3. The summed E-state index contributed by atoms with van der Waals surface area (Å²) in [4.78, 5) is 0.397. The Kier molecular flexibility index (Phi) is 3.13. The van der Waals surface area contributed by atoms with E-state index in [4.69, 9.17) is 0 Å². The molecule has 1 aromatic carbocycles. The molecule has 0 spiro atoms. The van der Waals surface area contributed by atoms with E-state index < -0.39 is 10.0 Å². The first-order valence-electron chi connectivity index (χ1n) is 8.72. The SMILES string of the molecule is Cc1ccc(S(=O)(=O)NC23CC4CC(C)(CC(C)(C4)C2)C3)cc1. The zero-order valence-corrected chi connectivity index (χ0v) is 15.2. The summed E-state index contributed by atoms with van der Waals surface area (Å²) in [7, 11) is -3.44. The molecule has 0 aromatic heterocycles. The van der Waals surface area contributed by atoms with Gasteiger partial charge in [0.1, 0.15) is 0 Å². The molecule has 4 fully saturated rings. The summed E-state index contributed by atoms with van der Waals surface area (Å²) in [6, 6.07) is 7.19. The largest absolute Gasteiger partial charge is 0.241 e. The molecule has 2 atom stereocenters. The van der Waals surface area contributed by atoms with Crippen LogP contribution in [0.25, 0.3) is 0 Å². The lowest BCUT2D eigenvalue weighted by molar-refractivity contribution is -0.110. The number of hydrogen-bond acceptors (Lipinski definition) is 2. The lowest BCUT2D eigenvalue weighted by Crippen LogP contribution is -2.65. The summed E-state index contributed by atoms with van der Waals surface area (Å²) in [6.45, 7) is 6.71. The van der Waals surface area contributed by atoms with Gasteiger partial charge in [0.25, 0.3) is 0 Å². The zero-order chi connectivity index (χ0) is 16.5. The number of aryl methyl sites for hydroxylation is 1. The van der Waals surface area contributed by atoms with Crippen molar-refractivity contribution in [1.82, 2.24) is 4.72 Å². The molecular weight excluding hydrogens is 306 g/mol. The lowest BCUT2D eigenvalue weighted by Gasteiger charge is -2.65. The average Bonchev–Trinajstić information content (AvgIpc) is 2.33. The van der Waals surface area contributed by atoms with Crippen molar-refractivity contribution in [2.75, 3.05) is 0 Å². The Bertz CT molecular complexity index is 719. The smallest absolute Gasteiger partial charge is 0.207 e. The average molecular weight is 333 g/mol. The highest BCUT2D eigenvalue weighted by molar-refractivity contribution is 7.89. The van der Waals surface area contributed by atoms with E-state index in [0.717, 1.165) is 24.8 Å². The van der Waals surface area contributed by atoms with Crippen molar-refractivity contribution in [1.29, 1.82) is 0 Å². The van der Waals surface area contributed by atoms with Crippen molar-refractivity contribution in [3.8, 4) is 0 Å². The Hall–Kier alpha value is -0.870. The predicted molar refractivity (Wildman–Crippen MR) is 91.6 cm³/mol. The Labute approximate surface area is 139 Å². The molecule has 4 bridgehead atoms. The fraction of sp³-hybridized carbons (Fsp3) is 0.684. The van der Waals surface area contributed by atoms with E-state index in [1.54, 1.807) is 12.1 Å². The van der Waals surface area contributed by atoms with Crippen LogP contribution in [0.5, 0.6) is 0 Å². The highest BCUT2D eigenvalue weighted by Crippen LogP contribution is 2.66. The number of benzene rings is 1. The molecular formula is C19H27NO2S. The molecule has 0 saturated heterocycles. The normalized spacial score (nSPS) is 42.1. The highest BCUT2D eigenvalue weighted by Gasteiger charge is 2.61. The third-order valence-corrected chi connectivity index (χ3v) is 7.90. The van der Waals surface area contributed by atoms with Crippen molar-refractivity contribution < 1.29 is 8.42 Å². The van der Waals surface area contributed by atoms with Crippen molar-refractivity contribution >= 4 is 10.0 Å². The maximum absolute atomic E-state index is 12.9. The second kappa shape index (κ2) is 4.60. The maximum atomic E-state index is 12.9. The van der Waals surface area contributed by atoms with Crippen LogP contribution in [-0.4, -0.2) is 14.0 Å². The van der Waals surface area contributed by atoms with Crippen LogP contribution in [0.2, 0.25) is 0 Å². The van der Waals surface area contributed by atoms with Gasteiger partial charge in [0, 0.05) is 5.54 Å². The molecule has 0 heterocycles.